The van der Waals surface area contributed by atoms with Crippen LogP contribution < -0.4 is 5.32 Å². The molecule has 6 nitrogen and oxygen atoms in total. The number of fused-ring (bicyclic) bond motifs is 1. The highest BCUT2D eigenvalue weighted by Gasteiger charge is 2.39. The molecule has 0 bridgehead atoms. The summed E-state index contributed by atoms with van der Waals surface area (Å²) in [6, 6.07) is 9.64. The normalized spacial score (nSPS) is 20.6. The Bertz CT molecular complexity index is 623. The van der Waals surface area contributed by atoms with Crippen molar-refractivity contribution in [3.63, 3.8) is 0 Å². The number of thioether (sulfide) groups is 1. The van der Waals surface area contributed by atoms with Gasteiger partial charge in [-0.05, 0) is 5.56 Å². The van der Waals surface area contributed by atoms with Crippen LogP contribution in [0.1, 0.15) is 12.0 Å². The molecular formula is C17H21N3O3S. The van der Waals surface area contributed by atoms with Gasteiger partial charge in [-0.3, -0.25) is 14.4 Å². The summed E-state index contributed by atoms with van der Waals surface area (Å²) in [7, 11) is 0. The predicted molar refractivity (Wildman–Crippen MR) is 92.3 cm³/mol. The van der Waals surface area contributed by atoms with Crippen LogP contribution in [0.25, 0.3) is 0 Å². The van der Waals surface area contributed by atoms with Crippen LogP contribution in [-0.2, 0) is 20.1 Å². The summed E-state index contributed by atoms with van der Waals surface area (Å²) in [5.74, 6) is 1.47. The van der Waals surface area contributed by atoms with Gasteiger partial charge in [0.2, 0.25) is 17.7 Å². The maximum Gasteiger partial charge on any atom is 0.245 e. The lowest BCUT2D eigenvalue weighted by molar-refractivity contribution is -0.152. The highest BCUT2D eigenvalue weighted by atomic mass is 32.2. The van der Waals surface area contributed by atoms with Gasteiger partial charge in [-0.15, -0.1) is 0 Å². The smallest absolute Gasteiger partial charge is 0.245 e. The molecule has 128 valence electrons. The number of carbonyl (C=O) groups excluding carboxylic acids is 3. The van der Waals surface area contributed by atoms with Gasteiger partial charge in [-0.2, -0.15) is 11.8 Å². The second-order valence-electron chi connectivity index (χ2n) is 5.95. The van der Waals surface area contributed by atoms with E-state index >= 15 is 0 Å². The first kappa shape index (κ1) is 16.8. The fourth-order valence-corrected chi connectivity index (χ4v) is 3.89. The summed E-state index contributed by atoms with van der Waals surface area (Å²) in [6.07, 6.45) is 0.458. The van der Waals surface area contributed by atoms with E-state index in [1.807, 2.05) is 18.2 Å². The summed E-state index contributed by atoms with van der Waals surface area (Å²) in [4.78, 5) is 39.4. The summed E-state index contributed by atoms with van der Waals surface area (Å²) in [5.41, 5.74) is 1.25. The summed E-state index contributed by atoms with van der Waals surface area (Å²) >= 11 is 1.73. The van der Waals surface area contributed by atoms with Crippen LogP contribution >= 0.6 is 11.8 Å². The SMILES string of the molecule is O=C1NCC(=O)N2CCN(C(=O)CCSCc3ccccc3)C[C@@H]12. The van der Waals surface area contributed by atoms with Gasteiger partial charge in [-0.1, -0.05) is 30.3 Å². The molecule has 1 aromatic rings. The lowest BCUT2D eigenvalue weighted by Crippen LogP contribution is -2.66. The quantitative estimate of drug-likeness (QED) is 0.787. The molecule has 1 N–H and O–H groups in total. The molecule has 24 heavy (non-hydrogen) atoms. The monoisotopic (exact) mass is 347 g/mol. The minimum absolute atomic E-state index is 0.0565. The Balaban J connectivity index is 1.44. The Hall–Kier alpha value is -2.02. The Kier molecular flexibility index (Phi) is 5.40. The standard InChI is InChI=1S/C17H21N3O3S/c21-15(6-9-24-12-13-4-2-1-3-5-13)19-7-8-20-14(11-19)17(23)18-10-16(20)22/h1-5,14H,6-12H2,(H,18,23)/t14-/m0/s1. The number of benzene rings is 1. The first-order chi connectivity index (χ1) is 11.6. The summed E-state index contributed by atoms with van der Waals surface area (Å²) in [6.45, 7) is 1.33. The van der Waals surface area contributed by atoms with Crippen molar-refractivity contribution in [1.29, 1.82) is 0 Å². The zero-order chi connectivity index (χ0) is 16.9. The summed E-state index contributed by atoms with van der Waals surface area (Å²) in [5, 5.41) is 2.59. The van der Waals surface area contributed by atoms with E-state index in [4.69, 9.17) is 0 Å². The van der Waals surface area contributed by atoms with Crippen LogP contribution in [0, 0.1) is 0 Å². The Morgan fingerprint density at radius 3 is 2.79 bits per heavy atom. The summed E-state index contributed by atoms with van der Waals surface area (Å²) < 4.78 is 0. The second kappa shape index (κ2) is 7.70. The third kappa shape index (κ3) is 3.90. The van der Waals surface area contributed by atoms with Crippen molar-refractivity contribution in [3.05, 3.63) is 35.9 Å². The molecule has 3 amide bonds. The second-order valence-corrected chi connectivity index (χ2v) is 7.05. The van der Waals surface area contributed by atoms with E-state index in [0.717, 1.165) is 11.5 Å². The van der Waals surface area contributed by atoms with E-state index in [2.05, 4.69) is 17.4 Å². The first-order valence-electron chi connectivity index (χ1n) is 8.12. The van der Waals surface area contributed by atoms with Crippen molar-refractivity contribution in [3.8, 4) is 0 Å². The largest absolute Gasteiger partial charge is 0.345 e. The van der Waals surface area contributed by atoms with E-state index in [9.17, 15) is 14.4 Å². The number of carbonyl (C=O) groups is 3. The molecule has 1 aromatic carbocycles. The Morgan fingerprint density at radius 1 is 1.21 bits per heavy atom. The van der Waals surface area contributed by atoms with Crippen LogP contribution in [0.3, 0.4) is 0 Å². The van der Waals surface area contributed by atoms with Crippen LogP contribution in [0.5, 0.6) is 0 Å². The van der Waals surface area contributed by atoms with Crippen molar-refractivity contribution >= 4 is 29.5 Å². The highest BCUT2D eigenvalue weighted by Crippen LogP contribution is 2.17. The molecule has 2 aliphatic rings. The number of rotatable bonds is 5. The maximum atomic E-state index is 12.3. The minimum Gasteiger partial charge on any atom is -0.345 e. The van der Waals surface area contributed by atoms with Crippen LogP contribution in [0.15, 0.2) is 30.3 Å². The zero-order valence-electron chi connectivity index (χ0n) is 13.4. The van der Waals surface area contributed by atoms with Gasteiger partial charge in [0, 0.05) is 31.0 Å². The number of nitrogens with one attached hydrogen (secondary N) is 1. The molecule has 3 rings (SSSR count). The van der Waals surface area contributed by atoms with Gasteiger partial charge >= 0.3 is 0 Å². The Labute approximate surface area is 145 Å². The molecule has 2 saturated heterocycles. The third-order valence-corrected chi connectivity index (χ3v) is 5.37. The van der Waals surface area contributed by atoms with Crippen molar-refractivity contribution < 1.29 is 14.4 Å². The van der Waals surface area contributed by atoms with Gasteiger partial charge in [0.1, 0.15) is 6.04 Å². The van der Waals surface area contributed by atoms with E-state index in [1.165, 1.54) is 5.56 Å². The number of piperazine rings is 2. The van der Waals surface area contributed by atoms with E-state index in [-0.39, 0.29) is 24.3 Å². The van der Waals surface area contributed by atoms with Gasteiger partial charge < -0.3 is 15.1 Å². The highest BCUT2D eigenvalue weighted by molar-refractivity contribution is 7.98. The average Bonchev–Trinajstić information content (AvgIpc) is 2.62. The molecule has 0 aliphatic carbocycles. The van der Waals surface area contributed by atoms with Crippen molar-refractivity contribution in [2.45, 2.75) is 18.2 Å². The maximum absolute atomic E-state index is 12.3. The molecular weight excluding hydrogens is 326 g/mol. The Morgan fingerprint density at radius 2 is 2.00 bits per heavy atom. The van der Waals surface area contributed by atoms with Gasteiger partial charge in [-0.25, -0.2) is 0 Å². The molecule has 0 spiro atoms. The fourth-order valence-electron chi connectivity index (χ4n) is 3.00. The molecule has 2 fully saturated rings. The van der Waals surface area contributed by atoms with Crippen molar-refractivity contribution in [1.82, 2.24) is 15.1 Å². The van der Waals surface area contributed by atoms with Gasteiger partial charge in [0.05, 0.1) is 13.1 Å². The average molecular weight is 347 g/mol. The lowest BCUT2D eigenvalue weighted by atomic mass is 10.1. The van der Waals surface area contributed by atoms with Crippen molar-refractivity contribution in [2.24, 2.45) is 0 Å². The van der Waals surface area contributed by atoms with E-state index in [1.54, 1.807) is 21.6 Å². The fraction of sp³-hybridized carbons (Fsp3) is 0.471. The van der Waals surface area contributed by atoms with Crippen LogP contribution in [-0.4, -0.2) is 65.5 Å². The first-order valence-corrected chi connectivity index (χ1v) is 9.27. The lowest BCUT2D eigenvalue weighted by Gasteiger charge is -2.42. The number of amides is 3. The molecule has 1 atom stereocenters. The molecule has 0 saturated carbocycles. The van der Waals surface area contributed by atoms with Crippen LogP contribution in [0.2, 0.25) is 0 Å². The van der Waals surface area contributed by atoms with Crippen LogP contribution in [0.4, 0.5) is 0 Å². The minimum atomic E-state index is -0.527. The van der Waals surface area contributed by atoms with E-state index < -0.39 is 6.04 Å². The van der Waals surface area contributed by atoms with E-state index in [0.29, 0.717) is 26.1 Å². The van der Waals surface area contributed by atoms with Gasteiger partial charge in [0.15, 0.2) is 0 Å². The zero-order valence-corrected chi connectivity index (χ0v) is 14.3. The number of hydrogen-bond donors (Lipinski definition) is 1. The molecule has 2 aliphatic heterocycles. The van der Waals surface area contributed by atoms with Crippen molar-refractivity contribution in [2.75, 3.05) is 31.9 Å². The molecule has 0 radical (unpaired) electrons. The topological polar surface area (TPSA) is 69.7 Å². The van der Waals surface area contributed by atoms with Gasteiger partial charge in [0.25, 0.3) is 0 Å². The molecule has 0 unspecified atom stereocenters. The number of hydrogen-bond acceptors (Lipinski definition) is 4. The predicted octanol–water partition coefficient (Wildman–Crippen LogP) is 0.479. The third-order valence-electron chi connectivity index (χ3n) is 4.34. The molecule has 0 aromatic heterocycles. The number of nitrogens with zero attached hydrogens (tertiary/aromatic N) is 2. The molecule has 7 heteroatoms. The molecule has 2 heterocycles.